The fourth-order valence-electron chi connectivity index (χ4n) is 9.45. The molecule has 0 heterocycles. The van der Waals surface area contributed by atoms with Crippen molar-refractivity contribution in [3.63, 3.8) is 0 Å². The predicted octanol–water partition coefficient (Wildman–Crippen LogP) is 18.3. The third kappa shape index (κ3) is 16.2. The zero-order valence-electron chi connectivity index (χ0n) is 43.0. The number of hydrogen-bond donors (Lipinski definition) is 0. The lowest BCUT2D eigenvalue weighted by molar-refractivity contribution is 0.0725. The fraction of sp³-hybridized carbons (Fsp3) is 0.364. The summed E-state index contributed by atoms with van der Waals surface area (Å²) in [6.07, 6.45) is 25.7. The van der Waals surface area contributed by atoms with Gasteiger partial charge in [0.2, 0.25) is 0 Å². The molecule has 6 aromatic carbocycles. The number of carbonyl (C=O) groups excluding carboxylic acids is 2. The maximum absolute atomic E-state index is 13.3. The Balaban J connectivity index is 0.961. The van der Waals surface area contributed by atoms with Crippen LogP contribution in [0.2, 0.25) is 0 Å². The van der Waals surface area contributed by atoms with Crippen LogP contribution < -0.4 is 18.9 Å². The molecule has 6 heteroatoms. The number of hydrogen-bond acceptors (Lipinski definition) is 6. The molecular weight excluding hydrogens is 889 g/mol. The van der Waals surface area contributed by atoms with Crippen molar-refractivity contribution in [1.29, 1.82) is 0 Å². The summed E-state index contributed by atoms with van der Waals surface area (Å²) < 4.78 is 23.7. The van der Waals surface area contributed by atoms with E-state index in [1.165, 1.54) is 116 Å². The minimum absolute atomic E-state index is 0.426. The molecule has 72 heavy (non-hydrogen) atoms. The van der Waals surface area contributed by atoms with Crippen LogP contribution in [-0.2, 0) is 0 Å². The summed E-state index contributed by atoms with van der Waals surface area (Å²) in [6, 6.07) is 50.7. The lowest BCUT2D eigenvalue weighted by Crippen LogP contribution is -2.11. The van der Waals surface area contributed by atoms with E-state index in [1.807, 2.05) is 84.9 Å². The Morgan fingerprint density at radius 3 is 0.861 bits per heavy atom. The summed E-state index contributed by atoms with van der Waals surface area (Å²) in [7, 11) is 0. The monoisotopic (exact) mass is 965 g/mol. The van der Waals surface area contributed by atoms with Gasteiger partial charge in [-0.1, -0.05) is 214 Å². The van der Waals surface area contributed by atoms with Crippen molar-refractivity contribution < 1.29 is 28.5 Å². The molecule has 6 aromatic rings. The van der Waals surface area contributed by atoms with E-state index in [4.69, 9.17) is 18.9 Å². The zero-order chi connectivity index (χ0) is 50.0. The molecule has 0 unspecified atom stereocenters. The van der Waals surface area contributed by atoms with Crippen LogP contribution in [-0.4, -0.2) is 25.2 Å². The van der Waals surface area contributed by atoms with Crippen molar-refractivity contribution in [2.75, 3.05) is 13.2 Å². The maximum Gasteiger partial charge on any atom is 0.343 e. The normalized spacial score (nSPS) is 12.1. The van der Waals surface area contributed by atoms with Crippen LogP contribution in [0.25, 0.3) is 22.3 Å². The Bertz CT molecular complexity index is 2410. The summed E-state index contributed by atoms with van der Waals surface area (Å²) in [5.41, 5.74) is 9.50. The largest absolute Gasteiger partial charge is 0.494 e. The van der Waals surface area contributed by atoms with Crippen molar-refractivity contribution in [3.8, 4) is 23.0 Å². The van der Waals surface area contributed by atoms with Gasteiger partial charge in [-0.05, 0) is 130 Å². The van der Waals surface area contributed by atoms with Crippen LogP contribution in [0.1, 0.15) is 185 Å². The number of unbranched alkanes of at least 4 members (excludes halogenated alkanes) is 18. The highest BCUT2D eigenvalue weighted by Crippen LogP contribution is 2.56. The molecule has 0 atom stereocenters. The van der Waals surface area contributed by atoms with Gasteiger partial charge in [0.05, 0.1) is 24.3 Å². The first-order chi connectivity index (χ1) is 35.5. The topological polar surface area (TPSA) is 71.1 Å². The standard InChI is InChI=1S/C66H76O6/c1-3-5-7-9-11-13-15-17-19-27-49-69-57-41-37-55(38-42-57)65(67)71-59-45-33-53(34-46-59)63-61(51-29-23-21-24-30-51)62(52-31-25-22-26-32-52)64(63)54-35-47-60(48-36-54)72-66(68)56-39-43-58(44-40-56)70-50-28-20-18-16-14-12-10-8-6-4-2/h21-26,29-48H,3-20,27-28,49-50H2,1-2H3. The number of ether oxygens (including phenoxy) is 4. The molecule has 0 N–H and O–H groups in total. The molecule has 0 fully saturated rings. The molecule has 6 nitrogen and oxygen atoms in total. The van der Waals surface area contributed by atoms with Gasteiger partial charge in [-0.2, -0.15) is 0 Å². The third-order valence-electron chi connectivity index (χ3n) is 13.5. The van der Waals surface area contributed by atoms with Gasteiger partial charge < -0.3 is 18.9 Å². The van der Waals surface area contributed by atoms with Crippen LogP contribution >= 0.6 is 0 Å². The Morgan fingerprint density at radius 1 is 0.292 bits per heavy atom. The van der Waals surface area contributed by atoms with Gasteiger partial charge in [-0.25, -0.2) is 9.59 Å². The van der Waals surface area contributed by atoms with Crippen molar-refractivity contribution in [3.05, 3.63) is 191 Å². The Morgan fingerprint density at radius 2 is 0.556 bits per heavy atom. The summed E-state index contributed by atoms with van der Waals surface area (Å²) in [5, 5.41) is 0. The molecule has 376 valence electrons. The summed E-state index contributed by atoms with van der Waals surface area (Å²) >= 11 is 0. The van der Waals surface area contributed by atoms with Crippen LogP contribution in [0, 0.1) is 0 Å². The van der Waals surface area contributed by atoms with Crippen LogP contribution in [0.5, 0.6) is 23.0 Å². The first-order valence-electron chi connectivity index (χ1n) is 27.2. The molecule has 0 bridgehead atoms. The van der Waals surface area contributed by atoms with Gasteiger partial charge in [-0.3, -0.25) is 0 Å². The minimum atomic E-state index is -0.426. The molecule has 1 aliphatic rings. The summed E-state index contributed by atoms with van der Waals surface area (Å²) in [6.45, 7) is 5.87. The number of esters is 2. The van der Waals surface area contributed by atoms with Crippen LogP contribution in [0.4, 0.5) is 0 Å². The SMILES string of the molecule is CCCCCCCCCCCCOc1ccc(C(=O)Oc2ccc(C3=C(c4ccc(OC(=O)c5ccc(OCCCCCCCCCCCC)cc5)cc4)C(c4ccccc4)=C3c3ccccc3)cc2)cc1. The number of allylic oxidation sites excluding steroid dienone is 4. The molecule has 1 aliphatic carbocycles. The lowest BCUT2D eigenvalue weighted by atomic mass is 9.69. The second-order valence-corrected chi connectivity index (χ2v) is 19.2. The van der Waals surface area contributed by atoms with Crippen molar-refractivity contribution >= 4 is 34.2 Å². The second kappa shape index (κ2) is 29.6. The number of rotatable bonds is 32. The lowest BCUT2D eigenvalue weighted by Gasteiger charge is -2.33. The van der Waals surface area contributed by atoms with Gasteiger partial charge in [0.15, 0.2) is 0 Å². The number of benzene rings is 6. The van der Waals surface area contributed by atoms with E-state index in [0.29, 0.717) is 35.8 Å². The fourth-order valence-corrected chi connectivity index (χ4v) is 9.45. The predicted molar refractivity (Wildman–Crippen MR) is 297 cm³/mol. The molecule has 0 spiro atoms. The molecule has 0 amide bonds. The average Bonchev–Trinajstić information content (AvgIpc) is 3.41. The van der Waals surface area contributed by atoms with Gasteiger partial charge in [0.1, 0.15) is 23.0 Å². The zero-order valence-corrected chi connectivity index (χ0v) is 43.0. The molecule has 0 saturated heterocycles. The number of carbonyl (C=O) groups is 2. The average molecular weight is 965 g/mol. The smallest absolute Gasteiger partial charge is 0.343 e. The van der Waals surface area contributed by atoms with Crippen molar-refractivity contribution in [1.82, 2.24) is 0 Å². The summed E-state index contributed by atoms with van der Waals surface area (Å²) in [4.78, 5) is 26.6. The quantitative estimate of drug-likeness (QED) is 0.0238. The van der Waals surface area contributed by atoms with Crippen molar-refractivity contribution in [2.24, 2.45) is 0 Å². The van der Waals surface area contributed by atoms with E-state index in [1.54, 1.807) is 24.3 Å². The molecule has 7 rings (SSSR count). The molecular formula is C66H76O6. The first kappa shape index (κ1) is 53.1. The Hall–Kier alpha value is -6.66. The van der Waals surface area contributed by atoms with Crippen LogP contribution in [0.15, 0.2) is 158 Å². The second-order valence-electron chi connectivity index (χ2n) is 19.2. The van der Waals surface area contributed by atoms with Gasteiger partial charge in [0.25, 0.3) is 0 Å². The van der Waals surface area contributed by atoms with Gasteiger partial charge in [0, 0.05) is 0 Å². The van der Waals surface area contributed by atoms with E-state index < -0.39 is 11.9 Å². The Kier molecular flexibility index (Phi) is 21.9. The maximum atomic E-state index is 13.3. The first-order valence-corrected chi connectivity index (χ1v) is 27.2. The van der Waals surface area contributed by atoms with E-state index in [2.05, 4.69) is 62.4 Å². The van der Waals surface area contributed by atoms with Crippen LogP contribution in [0.3, 0.4) is 0 Å². The highest BCUT2D eigenvalue weighted by Gasteiger charge is 2.33. The highest BCUT2D eigenvalue weighted by atomic mass is 16.5. The van der Waals surface area contributed by atoms with Gasteiger partial charge in [-0.15, -0.1) is 0 Å². The van der Waals surface area contributed by atoms with E-state index >= 15 is 0 Å². The molecule has 0 aliphatic heterocycles. The molecule has 0 radical (unpaired) electrons. The third-order valence-corrected chi connectivity index (χ3v) is 13.5. The van der Waals surface area contributed by atoms with Crippen molar-refractivity contribution in [2.45, 2.75) is 142 Å². The van der Waals surface area contributed by atoms with E-state index in [0.717, 1.165) is 68.9 Å². The summed E-state index contributed by atoms with van der Waals surface area (Å²) in [5.74, 6) is 1.57. The van der Waals surface area contributed by atoms with Gasteiger partial charge >= 0.3 is 11.9 Å². The Labute approximate surface area is 430 Å². The van der Waals surface area contributed by atoms with E-state index in [-0.39, 0.29) is 0 Å². The molecule has 0 aromatic heterocycles. The minimum Gasteiger partial charge on any atom is -0.494 e. The van der Waals surface area contributed by atoms with E-state index in [9.17, 15) is 9.59 Å². The molecule has 0 saturated carbocycles. The highest BCUT2D eigenvalue weighted by molar-refractivity contribution is 6.43.